The molecule has 0 aromatic rings. The maximum absolute atomic E-state index is 9.55. The molecule has 0 heterocycles. The average Bonchev–Trinajstić information content (AvgIpc) is 1.68. The largest absolute Gasteiger partial charge is 0.393 e. The lowest BCUT2D eigenvalue weighted by Crippen LogP contribution is -2.06. The zero-order valence-corrected chi connectivity index (χ0v) is 3.98. The van der Waals surface area contributed by atoms with Gasteiger partial charge in [0.1, 0.15) is 5.94 Å². The zero-order valence-electron chi connectivity index (χ0n) is 3.98. The molecular weight excluding hydrogens is 119 g/mol. The Morgan fingerprint density at radius 1 is 1.62 bits per heavy atom. The summed E-state index contributed by atoms with van der Waals surface area (Å²) in [4.78, 5) is 9.55. The van der Waals surface area contributed by atoms with E-state index in [-0.39, 0.29) is 23.1 Å². The van der Waals surface area contributed by atoms with Crippen LogP contribution in [0.5, 0.6) is 0 Å². The van der Waals surface area contributed by atoms with E-state index >= 15 is 0 Å². The van der Waals surface area contributed by atoms with Gasteiger partial charge in [-0.1, -0.05) is 0 Å². The number of nitrogens with two attached hydrogens (primary N) is 2. The lowest BCUT2D eigenvalue weighted by atomic mass is 10.4. The van der Waals surface area contributed by atoms with Crippen LogP contribution >= 0.6 is 0 Å². The molecule has 0 fully saturated rings. The monoisotopic (exact) mass is 130 g/mol. The molecule has 0 aliphatic carbocycles. The molecule has 3 nitrogen and oxygen atoms in total. The van der Waals surface area contributed by atoms with E-state index in [0.717, 1.165) is 0 Å². The van der Waals surface area contributed by atoms with Crippen LogP contribution in [0.2, 0.25) is 0 Å². The zero-order chi connectivity index (χ0) is 5.70. The lowest BCUT2D eigenvalue weighted by molar-refractivity contribution is 0.565. The fraction of sp³-hybridized carbons (Fsp3) is 0.500. The van der Waals surface area contributed by atoms with Crippen LogP contribution in [-0.2, 0) is 4.79 Å². The Hall–Kier alpha value is -0.258. The van der Waals surface area contributed by atoms with Crippen molar-refractivity contribution in [2.45, 2.75) is 6.42 Å². The molecule has 0 atom stereocenters. The molecule has 0 radical (unpaired) electrons. The summed E-state index contributed by atoms with van der Waals surface area (Å²) in [6.07, 6.45) is 0.448. The van der Waals surface area contributed by atoms with Crippen molar-refractivity contribution in [2.24, 2.45) is 11.5 Å². The Labute approximate surface area is 58.9 Å². The highest BCUT2D eigenvalue weighted by atomic mass is 27.0. The fourth-order valence-corrected chi connectivity index (χ4v) is 0.207. The van der Waals surface area contributed by atoms with E-state index < -0.39 is 0 Å². The summed E-state index contributed by atoms with van der Waals surface area (Å²) in [5.41, 5.74) is 10.2. The molecule has 0 unspecified atom stereocenters. The van der Waals surface area contributed by atoms with Crippen LogP contribution in [0, 0.1) is 0 Å². The van der Waals surface area contributed by atoms with E-state index in [4.69, 9.17) is 11.5 Å². The second-order valence-electron chi connectivity index (χ2n) is 1.17. The van der Waals surface area contributed by atoms with Gasteiger partial charge >= 0.3 is 0 Å². The number of hydrogen-bond donors (Lipinski definition) is 2. The van der Waals surface area contributed by atoms with Gasteiger partial charge in [-0.05, 0) is 6.54 Å². The van der Waals surface area contributed by atoms with Gasteiger partial charge < -0.3 is 11.5 Å². The molecule has 0 spiro atoms. The van der Waals surface area contributed by atoms with Crippen molar-refractivity contribution < 1.29 is 4.79 Å². The maximum atomic E-state index is 9.55. The Balaban J connectivity index is 0. The van der Waals surface area contributed by atoms with E-state index in [2.05, 4.69) is 0 Å². The molecule has 0 aromatic carbocycles. The second-order valence-corrected chi connectivity index (χ2v) is 1.17. The molecule has 0 saturated carbocycles. The van der Waals surface area contributed by atoms with Gasteiger partial charge in [0.2, 0.25) is 0 Å². The smallest absolute Gasteiger partial charge is 0.187 e. The van der Waals surface area contributed by atoms with Crippen molar-refractivity contribution in [1.82, 2.24) is 0 Å². The summed E-state index contributed by atoms with van der Waals surface area (Å²) in [5.74, 6) is 1.53. The third kappa shape index (κ3) is 5.74. The SMILES string of the molecule is NCCC(N)=C=O.[AlH3]. The molecule has 0 bridgehead atoms. The highest BCUT2D eigenvalue weighted by Gasteiger charge is 1.83. The highest BCUT2D eigenvalue weighted by Crippen LogP contribution is 1.78. The van der Waals surface area contributed by atoms with Crippen LogP contribution in [0.1, 0.15) is 6.42 Å². The third-order valence-electron chi connectivity index (χ3n) is 0.545. The van der Waals surface area contributed by atoms with E-state index in [1.165, 1.54) is 5.94 Å². The summed E-state index contributed by atoms with van der Waals surface area (Å²) < 4.78 is 0. The van der Waals surface area contributed by atoms with Crippen LogP contribution in [0.4, 0.5) is 0 Å². The molecular formula is C4H11AlN2O. The number of carbonyl (C=O) groups excluding carboxylic acids is 1. The van der Waals surface area contributed by atoms with Crippen LogP contribution in [-0.4, -0.2) is 29.8 Å². The predicted molar refractivity (Wildman–Crippen MR) is 37.0 cm³/mol. The van der Waals surface area contributed by atoms with Gasteiger partial charge in [0.05, 0.1) is 5.70 Å². The van der Waals surface area contributed by atoms with Crippen LogP contribution < -0.4 is 11.5 Å². The van der Waals surface area contributed by atoms with Gasteiger partial charge in [0.15, 0.2) is 17.4 Å². The minimum atomic E-state index is 0. The van der Waals surface area contributed by atoms with E-state index in [1.54, 1.807) is 0 Å². The quantitative estimate of drug-likeness (QED) is 0.330. The van der Waals surface area contributed by atoms with Crippen molar-refractivity contribution in [2.75, 3.05) is 6.54 Å². The Kier molecular flexibility index (Phi) is 9.00. The molecule has 0 aliphatic rings. The summed E-state index contributed by atoms with van der Waals surface area (Å²) in [5, 5.41) is 0. The maximum Gasteiger partial charge on any atom is 0.187 e. The molecule has 0 saturated heterocycles. The summed E-state index contributed by atoms with van der Waals surface area (Å²) in [6, 6.07) is 0. The molecule has 8 heavy (non-hydrogen) atoms. The first-order valence-electron chi connectivity index (χ1n) is 2.00. The first-order chi connectivity index (χ1) is 3.31. The number of rotatable bonds is 2. The fourth-order valence-electron chi connectivity index (χ4n) is 0.207. The molecule has 4 heteroatoms. The van der Waals surface area contributed by atoms with Gasteiger partial charge in [-0.15, -0.1) is 0 Å². The molecule has 0 rings (SSSR count). The van der Waals surface area contributed by atoms with E-state index in [1.807, 2.05) is 0 Å². The Morgan fingerprint density at radius 3 is 2.25 bits per heavy atom. The first kappa shape index (κ1) is 10.7. The summed E-state index contributed by atoms with van der Waals surface area (Å²) in [6.45, 7) is 0.418. The first-order valence-corrected chi connectivity index (χ1v) is 2.00. The van der Waals surface area contributed by atoms with Gasteiger partial charge in [0.25, 0.3) is 0 Å². The summed E-state index contributed by atoms with van der Waals surface area (Å²) in [7, 11) is 0. The summed E-state index contributed by atoms with van der Waals surface area (Å²) >= 11 is 0. The molecule has 0 aliphatic heterocycles. The molecule has 0 aromatic heterocycles. The molecule has 4 N–H and O–H groups in total. The predicted octanol–water partition coefficient (Wildman–Crippen LogP) is -2.17. The van der Waals surface area contributed by atoms with Gasteiger partial charge in [-0.3, -0.25) is 0 Å². The Morgan fingerprint density at radius 2 is 2.12 bits per heavy atom. The van der Waals surface area contributed by atoms with Crippen molar-refractivity contribution in [3.05, 3.63) is 5.70 Å². The Bertz CT molecular complexity index is 98.2. The standard InChI is InChI=1S/C4H8N2O.Al.3H/c5-2-1-4(6)3-7;;;;/h1-2,5-6H2;;;;. The minimum absolute atomic E-state index is 0. The van der Waals surface area contributed by atoms with Gasteiger partial charge in [-0.25, -0.2) is 4.79 Å². The van der Waals surface area contributed by atoms with Crippen molar-refractivity contribution in [3.8, 4) is 0 Å². The van der Waals surface area contributed by atoms with Crippen molar-refractivity contribution in [3.63, 3.8) is 0 Å². The molecule has 46 valence electrons. The second kappa shape index (κ2) is 6.74. The van der Waals surface area contributed by atoms with E-state index in [0.29, 0.717) is 13.0 Å². The third-order valence-corrected chi connectivity index (χ3v) is 0.545. The van der Waals surface area contributed by atoms with Gasteiger partial charge in [-0.2, -0.15) is 0 Å². The van der Waals surface area contributed by atoms with E-state index in [9.17, 15) is 4.79 Å². The number of hydrogen-bond acceptors (Lipinski definition) is 3. The highest BCUT2D eigenvalue weighted by molar-refractivity contribution is 5.75. The van der Waals surface area contributed by atoms with Crippen molar-refractivity contribution >= 4 is 23.3 Å². The van der Waals surface area contributed by atoms with Crippen LogP contribution in [0.25, 0.3) is 0 Å². The minimum Gasteiger partial charge on any atom is -0.393 e. The normalized spacial score (nSPS) is 6.62. The van der Waals surface area contributed by atoms with Crippen LogP contribution in [0.3, 0.4) is 0 Å². The van der Waals surface area contributed by atoms with Crippen molar-refractivity contribution in [1.29, 1.82) is 0 Å². The topological polar surface area (TPSA) is 69.1 Å². The average molecular weight is 130 g/mol. The van der Waals surface area contributed by atoms with Gasteiger partial charge in [0, 0.05) is 6.42 Å². The van der Waals surface area contributed by atoms with Crippen LogP contribution in [0.15, 0.2) is 5.70 Å². The lowest BCUT2D eigenvalue weighted by Gasteiger charge is -1.85. The molecule has 0 amide bonds.